The first kappa shape index (κ1) is 33.0. The molecule has 0 aromatic rings. The number of piperazine rings is 2. The lowest BCUT2D eigenvalue weighted by molar-refractivity contribution is -1.27. The van der Waals surface area contributed by atoms with Gasteiger partial charge in [0.1, 0.15) is 64.1 Å². The van der Waals surface area contributed by atoms with Gasteiger partial charge < -0.3 is 34.3 Å². The summed E-state index contributed by atoms with van der Waals surface area (Å²) in [6, 6.07) is 0. The molecule has 0 aliphatic carbocycles. The Labute approximate surface area is 246 Å². The number of methoxy groups -OCH3 is 1. The first-order chi connectivity index (χ1) is 19.7. The second kappa shape index (κ2) is 13.8. The van der Waals surface area contributed by atoms with Gasteiger partial charge in [-0.3, -0.25) is 13.4 Å². The maximum atomic E-state index is 13.9. The molecule has 4 rings (SSSR count). The Bertz CT molecular complexity index is 847. The van der Waals surface area contributed by atoms with Crippen molar-refractivity contribution in [1.82, 2.24) is 0 Å². The Morgan fingerprint density at radius 3 is 1.44 bits per heavy atom. The number of ether oxygens (including phenoxy) is 4. The minimum atomic E-state index is -0.646. The molecule has 12 heteroatoms. The maximum Gasteiger partial charge on any atom is 0.521 e. The summed E-state index contributed by atoms with van der Waals surface area (Å²) in [4.78, 5) is 13.9. The molecular formula is C29H58N4O8+4. The summed E-state index contributed by atoms with van der Waals surface area (Å²) in [6.07, 6.45) is -0.450. The van der Waals surface area contributed by atoms with E-state index in [1.54, 1.807) is 0 Å². The fraction of sp³-hybridized carbons (Fsp3) is 0.966. The van der Waals surface area contributed by atoms with Gasteiger partial charge in [0.15, 0.2) is 0 Å². The zero-order valence-corrected chi connectivity index (χ0v) is 26.0. The zero-order chi connectivity index (χ0) is 29.7. The van der Waals surface area contributed by atoms with Crippen molar-refractivity contribution in [3.8, 4) is 0 Å². The van der Waals surface area contributed by atoms with E-state index >= 15 is 0 Å². The van der Waals surface area contributed by atoms with Crippen LogP contribution in [0.15, 0.2) is 0 Å². The highest BCUT2D eigenvalue weighted by atomic mass is 16.5. The SMILES string of the molecule is CCOCC(O)C[N+]12CCC[N+]3(CC(O)COCC)CC[N+]4(C(=O)OC)CCC[N+](CC(O)COCC)(CC1)[C@@H]4[C@H]23. The summed E-state index contributed by atoms with van der Waals surface area (Å²) in [5, 5.41) is 33.8. The van der Waals surface area contributed by atoms with E-state index in [4.69, 9.17) is 18.9 Å². The summed E-state index contributed by atoms with van der Waals surface area (Å²) >= 11 is 0. The molecule has 4 aliphatic rings. The number of nitrogens with zero attached hydrogens (tertiary/aromatic N) is 4. The fourth-order valence-corrected chi connectivity index (χ4v) is 9.26. The van der Waals surface area contributed by atoms with Crippen LogP contribution in [0.2, 0.25) is 0 Å². The van der Waals surface area contributed by atoms with Crippen LogP contribution < -0.4 is 0 Å². The lowest BCUT2D eigenvalue weighted by Gasteiger charge is -2.69. The van der Waals surface area contributed by atoms with Crippen molar-refractivity contribution in [3.05, 3.63) is 0 Å². The summed E-state index contributed by atoms with van der Waals surface area (Å²) < 4.78 is 24.8. The summed E-state index contributed by atoms with van der Waals surface area (Å²) in [7, 11) is 1.49. The van der Waals surface area contributed by atoms with Crippen LogP contribution in [0.4, 0.5) is 4.79 Å². The van der Waals surface area contributed by atoms with Gasteiger partial charge in [-0.15, -0.1) is 0 Å². The predicted octanol–water partition coefficient (Wildman–Crippen LogP) is -0.301. The molecule has 0 aromatic heterocycles. The molecule has 12 nitrogen and oxygen atoms in total. The first-order valence-corrected chi connectivity index (χ1v) is 16.0. The van der Waals surface area contributed by atoms with Crippen molar-refractivity contribution < 1.29 is 57.0 Å². The smallest absolute Gasteiger partial charge is 0.423 e. The van der Waals surface area contributed by atoms with E-state index < -0.39 is 18.3 Å². The molecule has 0 radical (unpaired) electrons. The molecule has 4 aliphatic heterocycles. The third-order valence-corrected chi connectivity index (χ3v) is 10.6. The molecule has 0 aromatic carbocycles. The van der Waals surface area contributed by atoms with Crippen LogP contribution >= 0.6 is 0 Å². The molecule has 1 amide bonds. The van der Waals surface area contributed by atoms with Crippen LogP contribution in [0.5, 0.6) is 0 Å². The summed E-state index contributed by atoms with van der Waals surface area (Å²) in [5.74, 6) is 0. The van der Waals surface area contributed by atoms with Crippen LogP contribution in [0, 0.1) is 0 Å². The monoisotopic (exact) mass is 590 g/mol. The minimum absolute atomic E-state index is 0.0440. The quantitative estimate of drug-likeness (QED) is 0.223. The predicted molar refractivity (Wildman–Crippen MR) is 151 cm³/mol. The highest BCUT2D eigenvalue weighted by Gasteiger charge is 2.79. The molecular weight excluding hydrogens is 532 g/mol. The van der Waals surface area contributed by atoms with Crippen LogP contribution in [0.25, 0.3) is 0 Å². The average molecular weight is 591 g/mol. The van der Waals surface area contributed by atoms with Crippen molar-refractivity contribution in [2.24, 2.45) is 0 Å². The second-order valence-electron chi connectivity index (χ2n) is 13.0. The second-order valence-corrected chi connectivity index (χ2v) is 13.0. The number of carbonyl (C=O) groups is 1. The summed E-state index contributed by atoms with van der Waals surface area (Å²) in [6.45, 7) is 16.3. The van der Waals surface area contributed by atoms with Gasteiger partial charge in [0.25, 0.3) is 0 Å². The van der Waals surface area contributed by atoms with Gasteiger partial charge in [-0.1, -0.05) is 0 Å². The van der Waals surface area contributed by atoms with Gasteiger partial charge in [0, 0.05) is 32.7 Å². The van der Waals surface area contributed by atoms with Crippen molar-refractivity contribution in [2.45, 2.75) is 64.3 Å². The van der Waals surface area contributed by atoms with E-state index in [0.29, 0.717) is 66.0 Å². The van der Waals surface area contributed by atoms with E-state index in [1.165, 1.54) is 7.11 Å². The number of carbonyl (C=O) groups excluding carboxylic acids is 1. The number of rotatable bonds is 15. The van der Waals surface area contributed by atoms with Gasteiger partial charge in [-0.2, -0.15) is 9.28 Å². The van der Waals surface area contributed by atoms with Gasteiger partial charge in [0.05, 0.1) is 53.1 Å². The van der Waals surface area contributed by atoms with E-state index in [9.17, 15) is 20.1 Å². The van der Waals surface area contributed by atoms with Crippen LogP contribution in [-0.4, -0.2) is 189 Å². The molecule has 0 spiro atoms. The molecule has 4 saturated heterocycles. The molecule has 3 N–H and O–H groups in total. The lowest BCUT2D eigenvalue weighted by atomic mass is 9.88. The number of hydrogen-bond acceptors (Lipinski definition) is 8. The van der Waals surface area contributed by atoms with Crippen LogP contribution in [-0.2, 0) is 18.9 Å². The van der Waals surface area contributed by atoms with Gasteiger partial charge >= 0.3 is 18.4 Å². The molecule has 238 valence electrons. The van der Waals surface area contributed by atoms with Crippen molar-refractivity contribution in [2.75, 3.05) is 119 Å². The third kappa shape index (κ3) is 6.33. The Morgan fingerprint density at radius 2 is 1.02 bits per heavy atom. The number of amides is 1. The number of aliphatic hydroxyl groups excluding tert-OH is 3. The molecule has 41 heavy (non-hydrogen) atoms. The standard InChI is InChI=1S/C29H58N4O8/c1-5-39-21-24(34)18-30-10-8-11-31(19-25(35)22-40-6-2)16-17-33(29(37)38-4)13-9-12-32(15-14-30,28(33)27(30)31)20-26(36)23-41-7-3/h24-28,34-36H,5-23H2,1-4H3/q+4/t24?,25?,26?,27-,28+,30?,31?,32?,33?/m1/s1. The maximum absolute atomic E-state index is 13.9. The third-order valence-electron chi connectivity index (χ3n) is 10.6. The van der Waals surface area contributed by atoms with E-state index in [-0.39, 0.29) is 42.7 Å². The zero-order valence-electron chi connectivity index (χ0n) is 26.0. The van der Waals surface area contributed by atoms with Crippen LogP contribution in [0.1, 0.15) is 33.6 Å². The Balaban J connectivity index is 1.83. The number of quaternary nitrogens is 4. The van der Waals surface area contributed by atoms with Crippen molar-refractivity contribution in [1.29, 1.82) is 0 Å². The largest absolute Gasteiger partial charge is 0.521 e. The lowest BCUT2D eigenvalue weighted by Crippen LogP contribution is -2.96. The van der Waals surface area contributed by atoms with Crippen LogP contribution in [0.3, 0.4) is 0 Å². The first-order valence-electron chi connectivity index (χ1n) is 16.0. The average Bonchev–Trinajstić information content (AvgIpc) is 2.96. The normalized spacial score (nSPS) is 38.5. The van der Waals surface area contributed by atoms with Gasteiger partial charge in [0.2, 0.25) is 0 Å². The molecule has 9 atom stereocenters. The molecule has 4 heterocycles. The Hall–Kier alpha value is -0.930. The summed E-state index contributed by atoms with van der Waals surface area (Å²) in [5.41, 5.74) is 0. The van der Waals surface area contributed by atoms with Crippen molar-refractivity contribution >= 4 is 6.09 Å². The highest BCUT2D eigenvalue weighted by Crippen LogP contribution is 2.49. The Morgan fingerprint density at radius 1 is 0.634 bits per heavy atom. The number of hydrogen-bond donors (Lipinski definition) is 3. The van der Waals surface area contributed by atoms with Gasteiger partial charge in [-0.05, 0) is 20.8 Å². The fourth-order valence-electron chi connectivity index (χ4n) is 9.26. The molecule has 4 fully saturated rings. The van der Waals surface area contributed by atoms with E-state index in [1.807, 2.05) is 20.8 Å². The highest BCUT2D eigenvalue weighted by molar-refractivity contribution is 5.59. The number of aliphatic hydroxyl groups is 3. The molecule has 0 saturated carbocycles. The minimum Gasteiger partial charge on any atom is -0.423 e. The Kier molecular flexibility index (Phi) is 11.1. The van der Waals surface area contributed by atoms with E-state index in [2.05, 4.69) is 0 Å². The molecule has 0 bridgehead atoms. The van der Waals surface area contributed by atoms with Gasteiger partial charge in [-0.25, -0.2) is 0 Å². The topological polar surface area (TPSA) is 115 Å². The molecule has 7 unspecified atom stereocenters. The van der Waals surface area contributed by atoms with Crippen molar-refractivity contribution in [3.63, 3.8) is 0 Å². The van der Waals surface area contributed by atoms with E-state index in [0.717, 1.165) is 52.1 Å².